The number of anilines is 3. The van der Waals surface area contributed by atoms with Gasteiger partial charge in [-0.3, -0.25) is 4.79 Å². The fourth-order valence-corrected chi connectivity index (χ4v) is 3.61. The summed E-state index contributed by atoms with van der Waals surface area (Å²) in [5, 5.41) is 6.67. The second kappa shape index (κ2) is 13.7. The number of amides is 1. The molecule has 10 heteroatoms. The van der Waals surface area contributed by atoms with E-state index in [1.165, 1.54) is 24.5 Å². The third kappa shape index (κ3) is 7.61. The maximum Gasteiger partial charge on any atom is 0.248 e. The molecule has 2 aromatic carbocycles. The van der Waals surface area contributed by atoms with Gasteiger partial charge < -0.3 is 25.0 Å². The van der Waals surface area contributed by atoms with Crippen molar-refractivity contribution in [1.29, 1.82) is 0 Å². The van der Waals surface area contributed by atoms with Gasteiger partial charge in [0.05, 0.1) is 22.8 Å². The maximum atomic E-state index is 13.6. The van der Waals surface area contributed by atoms with Crippen molar-refractivity contribution in [2.75, 3.05) is 50.1 Å². The first kappa shape index (κ1) is 27.3. The number of aromatic nitrogens is 2. The summed E-state index contributed by atoms with van der Waals surface area (Å²) in [6.07, 6.45) is 4.75. The topological polar surface area (TPSA) is 88.6 Å². The molecule has 1 aromatic heterocycles. The van der Waals surface area contributed by atoms with Crippen molar-refractivity contribution in [1.82, 2.24) is 14.9 Å². The van der Waals surface area contributed by atoms with Crippen molar-refractivity contribution < 1.29 is 18.7 Å². The molecular weight excluding hydrogens is 485 g/mol. The lowest BCUT2D eigenvalue weighted by molar-refractivity contribution is -0.111. The average Bonchev–Trinajstić information content (AvgIpc) is 2.87. The van der Waals surface area contributed by atoms with Gasteiger partial charge in [-0.1, -0.05) is 31.5 Å². The lowest BCUT2D eigenvalue weighted by Crippen LogP contribution is -2.23. The fraction of sp³-hybridized carbons (Fsp3) is 0.346. The van der Waals surface area contributed by atoms with Gasteiger partial charge in [-0.2, -0.15) is 0 Å². The molecule has 0 aliphatic rings. The molecule has 0 fully saturated rings. The van der Waals surface area contributed by atoms with E-state index in [1.807, 2.05) is 13.0 Å². The predicted octanol–water partition coefficient (Wildman–Crippen LogP) is 5.42. The summed E-state index contributed by atoms with van der Waals surface area (Å²) >= 11 is 5.92. The van der Waals surface area contributed by atoms with Crippen LogP contribution in [0.1, 0.15) is 20.8 Å². The van der Waals surface area contributed by atoms with Gasteiger partial charge in [-0.05, 0) is 44.3 Å². The highest BCUT2D eigenvalue weighted by Gasteiger charge is 2.14. The summed E-state index contributed by atoms with van der Waals surface area (Å²) in [6, 6.07) is 7.79. The number of hydrogen-bond donors (Lipinski definition) is 2. The minimum absolute atomic E-state index is 0.00667. The van der Waals surface area contributed by atoms with Gasteiger partial charge >= 0.3 is 0 Å². The van der Waals surface area contributed by atoms with Crippen molar-refractivity contribution in [2.45, 2.75) is 20.8 Å². The van der Waals surface area contributed by atoms with Crippen molar-refractivity contribution in [2.24, 2.45) is 0 Å². The van der Waals surface area contributed by atoms with Crippen molar-refractivity contribution in [3.63, 3.8) is 0 Å². The van der Waals surface area contributed by atoms with E-state index < -0.39 is 5.82 Å². The van der Waals surface area contributed by atoms with Gasteiger partial charge in [0.1, 0.15) is 30.3 Å². The van der Waals surface area contributed by atoms with Crippen LogP contribution in [-0.2, 0) is 9.53 Å². The van der Waals surface area contributed by atoms with Crippen LogP contribution in [-0.4, -0.2) is 60.2 Å². The summed E-state index contributed by atoms with van der Waals surface area (Å²) in [6.45, 7) is 9.84. The molecule has 0 atom stereocenters. The van der Waals surface area contributed by atoms with Gasteiger partial charge in [0.25, 0.3) is 0 Å². The van der Waals surface area contributed by atoms with Crippen molar-refractivity contribution in [3.8, 4) is 5.75 Å². The van der Waals surface area contributed by atoms with E-state index >= 15 is 0 Å². The monoisotopic (exact) mass is 515 g/mol. The number of rotatable bonds is 13. The number of nitrogens with zero attached hydrogens (tertiary/aromatic N) is 3. The van der Waals surface area contributed by atoms with E-state index in [-0.39, 0.29) is 10.9 Å². The van der Waals surface area contributed by atoms with E-state index in [0.717, 1.165) is 13.1 Å². The molecule has 3 rings (SSSR count). The summed E-state index contributed by atoms with van der Waals surface area (Å²) in [5.41, 5.74) is 1.62. The van der Waals surface area contributed by atoms with E-state index in [9.17, 15) is 9.18 Å². The molecule has 192 valence electrons. The standard InChI is InChI=1S/C26H31ClFN5O3/c1-4-33(5-2)11-7-8-25(34)32-23-15-19-22(16-24(23)36-13-12-35-6-3)29-17-30-26(19)31-18-9-10-21(28)20(27)14-18/h7-10,14-17H,4-6,11-13H2,1-3H3,(H,32,34)(H,29,30,31)/b8-7+. The highest BCUT2D eigenvalue weighted by molar-refractivity contribution is 6.31. The van der Waals surface area contributed by atoms with Crippen molar-refractivity contribution >= 4 is 45.6 Å². The van der Waals surface area contributed by atoms with Crippen LogP contribution in [0.3, 0.4) is 0 Å². The Hall–Kier alpha value is -3.27. The Bertz CT molecular complexity index is 1200. The SMILES string of the molecule is CCOCCOc1cc2ncnc(Nc3ccc(F)c(Cl)c3)c2cc1NC(=O)/C=C/CN(CC)CC. The van der Waals surface area contributed by atoms with Crippen LogP contribution in [0.5, 0.6) is 5.75 Å². The number of fused-ring (bicyclic) bond motifs is 1. The Balaban J connectivity index is 1.90. The van der Waals surface area contributed by atoms with Gasteiger partial charge in [0, 0.05) is 36.4 Å². The first-order chi connectivity index (χ1) is 17.4. The first-order valence-corrected chi connectivity index (χ1v) is 12.2. The number of halogens is 2. The number of carbonyl (C=O) groups excluding carboxylic acids is 1. The Kier molecular flexibility index (Phi) is 10.4. The van der Waals surface area contributed by atoms with E-state index in [2.05, 4.69) is 39.3 Å². The van der Waals surface area contributed by atoms with Crippen molar-refractivity contribution in [3.05, 3.63) is 59.7 Å². The fourth-order valence-electron chi connectivity index (χ4n) is 3.43. The zero-order valence-corrected chi connectivity index (χ0v) is 21.4. The van der Waals surface area contributed by atoms with Gasteiger partial charge in [0.2, 0.25) is 5.91 Å². The summed E-state index contributed by atoms with van der Waals surface area (Å²) in [5.74, 6) is 0.133. The van der Waals surface area contributed by atoms with Crippen LogP contribution >= 0.6 is 11.6 Å². The van der Waals surface area contributed by atoms with Crippen LogP contribution in [0.25, 0.3) is 10.9 Å². The molecule has 1 heterocycles. The zero-order valence-electron chi connectivity index (χ0n) is 20.7. The molecule has 0 saturated carbocycles. The predicted molar refractivity (Wildman–Crippen MR) is 142 cm³/mol. The Morgan fingerprint density at radius 1 is 1.14 bits per heavy atom. The quantitative estimate of drug-likeness (QED) is 0.232. The van der Waals surface area contributed by atoms with E-state index in [4.69, 9.17) is 21.1 Å². The minimum atomic E-state index is -0.511. The number of benzene rings is 2. The summed E-state index contributed by atoms with van der Waals surface area (Å²) in [7, 11) is 0. The number of ether oxygens (including phenoxy) is 2. The number of nitrogens with one attached hydrogen (secondary N) is 2. The summed E-state index contributed by atoms with van der Waals surface area (Å²) in [4.78, 5) is 23.6. The Morgan fingerprint density at radius 3 is 2.67 bits per heavy atom. The first-order valence-electron chi connectivity index (χ1n) is 11.9. The van der Waals surface area contributed by atoms with Crippen LogP contribution < -0.4 is 15.4 Å². The lowest BCUT2D eigenvalue weighted by atomic mass is 10.1. The Labute approximate surface area is 215 Å². The number of carbonyl (C=O) groups is 1. The molecule has 3 aromatic rings. The number of likely N-dealkylation sites (N-methyl/N-ethyl adjacent to an activating group) is 1. The third-order valence-electron chi connectivity index (χ3n) is 5.39. The zero-order chi connectivity index (χ0) is 25.9. The van der Waals surface area contributed by atoms with E-state index in [0.29, 0.717) is 60.2 Å². The average molecular weight is 516 g/mol. The van der Waals surface area contributed by atoms with E-state index in [1.54, 1.807) is 18.2 Å². The van der Waals surface area contributed by atoms with Gasteiger partial charge in [-0.15, -0.1) is 0 Å². The normalized spacial score (nSPS) is 11.4. The molecule has 0 unspecified atom stereocenters. The molecule has 0 aliphatic carbocycles. The maximum absolute atomic E-state index is 13.6. The molecule has 0 bridgehead atoms. The largest absolute Gasteiger partial charge is 0.489 e. The highest BCUT2D eigenvalue weighted by atomic mass is 35.5. The molecular formula is C26H31ClFN5O3. The highest BCUT2D eigenvalue weighted by Crippen LogP contribution is 2.34. The molecule has 2 N–H and O–H groups in total. The molecule has 8 nitrogen and oxygen atoms in total. The smallest absolute Gasteiger partial charge is 0.248 e. The molecule has 0 aliphatic heterocycles. The van der Waals surface area contributed by atoms with Crippen LogP contribution in [0.4, 0.5) is 21.6 Å². The molecule has 1 amide bonds. The number of hydrogen-bond acceptors (Lipinski definition) is 7. The Morgan fingerprint density at radius 2 is 1.94 bits per heavy atom. The van der Waals surface area contributed by atoms with Crippen LogP contribution in [0, 0.1) is 5.82 Å². The molecule has 0 saturated heterocycles. The van der Waals surface area contributed by atoms with Gasteiger partial charge in [-0.25, -0.2) is 14.4 Å². The molecule has 0 spiro atoms. The molecule has 0 radical (unpaired) electrons. The van der Waals surface area contributed by atoms with Crippen LogP contribution in [0.2, 0.25) is 5.02 Å². The lowest BCUT2D eigenvalue weighted by Gasteiger charge is -2.16. The second-order valence-corrected chi connectivity index (χ2v) is 8.17. The van der Waals surface area contributed by atoms with Gasteiger partial charge in [0.15, 0.2) is 0 Å². The van der Waals surface area contributed by atoms with Crippen LogP contribution in [0.15, 0.2) is 48.8 Å². The second-order valence-electron chi connectivity index (χ2n) is 7.76. The molecule has 36 heavy (non-hydrogen) atoms. The summed E-state index contributed by atoms with van der Waals surface area (Å²) < 4.78 is 24.8. The third-order valence-corrected chi connectivity index (χ3v) is 5.68. The minimum Gasteiger partial charge on any atom is -0.489 e.